The van der Waals surface area contributed by atoms with E-state index < -0.39 is 0 Å². The first-order chi connectivity index (χ1) is 14.5. The van der Waals surface area contributed by atoms with Crippen molar-refractivity contribution in [2.24, 2.45) is 0 Å². The van der Waals surface area contributed by atoms with E-state index in [1.807, 2.05) is 41.1 Å². The molecule has 30 heavy (non-hydrogen) atoms. The number of fused-ring (bicyclic) bond motifs is 2. The minimum atomic E-state index is 0.374. The van der Waals surface area contributed by atoms with Gasteiger partial charge in [-0.2, -0.15) is 0 Å². The first-order valence-corrected chi connectivity index (χ1v) is 11.6. The molecule has 2 aromatic carbocycles. The molecule has 5 aromatic rings. The molecule has 0 aliphatic rings. The standard InChI is InChI=1S/C20H10AsCl2IN6/c21-18-15-19(24)29-30(20(15)26-9-25-18)8-14-16(10-4-1-2-5-11(10)22)28-17-12(23)6-3-7-13(17)27-14/h1-7,9H,8H2. The molecule has 0 spiro atoms. The zero-order valence-electron chi connectivity index (χ0n) is 15.1. The van der Waals surface area contributed by atoms with Crippen LogP contribution in [-0.4, -0.2) is 46.6 Å². The van der Waals surface area contributed by atoms with E-state index in [0.29, 0.717) is 33.3 Å². The monoisotopic (exact) mass is 606 g/mol. The van der Waals surface area contributed by atoms with Crippen LogP contribution in [0.25, 0.3) is 33.3 Å². The maximum absolute atomic E-state index is 6.50. The van der Waals surface area contributed by atoms with Crippen molar-refractivity contribution in [2.45, 2.75) is 6.54 Å². The van der Waals surface area contributed by atoms with Crippen LogP contribution < -0.4 is 4.48 Å². The van der Waals surface area contributed by atoms with Gasteiger partial charge < -0.3 is 0 Å². The Hall–Kier alpha value is -1.80. The van der Waals surface area contributed by atoms with Gasteiger partial charge >= 0.3 is 205 Å². The van der Waals surface area contributed by atoms with Gasteiger partial charge in [-0.1, -0.05) is 0 Å². The topological polar surface area (TPSA) is 69.4 Å². The van der Waals surface area contributed by atoms with Crippen molar-refractivity contribution in [1.29, 1.82) is 0 Å². The van der Waals surface area contributed by atoms with E-state index >= 15 is 0 Å². The van der Waals surface area contributed by atoms with Crippen molar-refractivity contribution >= 4 is 89.2 Å². The Morgan fingerprint density at radius 1 is 0.967 bits per heavy atom. The van der Waals surface area contributed by atoms with Gasteiger partial charge in [-0.3, -0.25) is 0 Å². The number of hydrogen-bond donors (Lipinski definition) is 0. The van der Waals surface area contributed by atoms with Crippen LogP contribution in [-0.2, 0) is 6.54 Å². The average molecular weight is 607 g/mol. The Balaban J connectivity index is 1.76. The van der Waals surface area contributed by atoms with Crippen LogP contribution in [0.3, 0.4) is 0 Å². The van der Waals surface area contributed by atoms with Gasteiger partial charge in [0.1, 0.15) is 0 Å². The molecule has 2 radical (unpaired) electrons. The molecule has 0 amide bonds. The van der Waals surface area contributed by atoms with E-state index in [2.05, 4.69) is 54.5 Å². The molecular weight excluding hydrogens is 597 g/mol. The van der Waals surface area contributed by atoms with Gasteiger partial charge in [0.25, 0.3) is 0 Å². The van der Waals surface area contributed by atoms with Crippen molar-refractivity contribution in [1.82, 2.24) is 29.7 Å². The molecule has 0 saturated carbocycles. The Morgan fingerprint density at radius 2 is 1.77 bits per heavy atom. The molecule has 3 aromatic heterocycles. The van der Waals surface area contributed by atoms with E-state index in [9.17, 15) is 0 Å². The number of para-hydroxylation sites is 1. The molecule has 0 saturated heterocycles. The third-order valence-electron chi connectivity index (χ3n) is 4.61. The van der Waals surface area contributed by atoms with Crippen LogP contribution in [0.2, 0.25) is 10.0 Å². The normalized spacial score (nSPS) is 11.5. The van der Waals surface area contributed by atoms with E-state index in [1.165, 1.54) is 6.33 Å². The summed E-state index contributed by atoms with van der Waals surface area (Å²) in [7, 11) is 0. The molecule has 0 aliphatic heterocycles. The fourth-order valence-corrected chi connectivity index (χ4v) is 5.46. The van der Waals surface area contributed by atoms with Gasteiger partial charge in [-0.25, -0.2) is 0 Å². The fourth-order valence-electron chi connectivity index (χ4n) is 3.26. The molecule has 10 heteroatoms. The predicted octanol–water partition coefficient (Wildman–Crippen LogP) is 4.19. The molecule has 6 nitrogen and oxygen atoms in total. The minimum absolute atomic E-state index is 0.374. The van der Waals surface area contributed by atoms with E-state index in [-0.39, 0.29) is 0 Å². The Kier molecular flexibility index (Phi) is 5.39. The molecule has 0 fully saturated rings. The van der Waals surface area contributed by atoms with Crippen molar-refractivity contribution in [2.75, 3.05) is 0 Å². The van der Waals surface area contributed by atoms with Crippen LogP contribution in [0.15, 0.2) is 48.8 Å². The van der Waals surface area contributed by atoms with Gasteiger partial charge in [-0.05, 0) is 0 Å². The first-order valence-electron chi connectivity index (χ1n) is 8.79. The molecule has 0 unspecified atom stereocenters. The summed E-state index contributed by atoms with van der Waals surface area (Å²) in [6, 6.07) is 13.1. The number of aromatic nitrogens is 6. The number of hydrogen-bond acceptors (Lipinski definition) is 5. The second-order valence-electron chi connectivity index (χ2n) is 6.45. The summed E-state index contributed by atoms with van der Waals surface area (Å²) in [6.45, 7) is 0.374. The maximum atomic E-state index is 6.50. The summed E-state index contributed by atoms with van der Waals surface area (Å²) >= 11 is 17.5. The molecule has 5 rings (SSSR count). The number of nitrogens with zero attached hydrogens (tertiary/aromatic N) is 6. The van der Waals surface area contributed by atoms with Crippen molar-refractivity contribution in [3.8, 4) is 11.3 Å². The fraction of sp³-hybridized carbons (Fsp3) is 0.0500. The Bertz CT molecular complexity index is 1440. The molecule has 0 atom stereocenters. The van der Waals surface area contributed by atoms with Crippen molar-refractivity contribution in [3.05, 3.63) is 68.2 Å². The molecule has 0 bridgehead atoms. The van der Waals surface area contributed by atoms with Crippen LogP contribution in [0.1, 0.15) is 5.69 Å². The molecule has 0 N–H and O–H groups in total. The number of halogens is 3. The number of benzene rings is 2. The Labute approximate surface area is 203 Å². The second kappa shape index (κ2) is 8.04. The summed E-state index contributed by atoms with van der Waals surface area (Å²) < 4.78 is 3.47. The van der Waals surface area contributed by atoms with Gasteiger partial charge in [0, 0.05) is 0 Å². The summed E-state index contributed by atoms with van der Waals surface area (Å²) in [5, 5.41) is 6.71. The van der Waals surface area contributed by atoms with Crippen LogP contribution >= 0.6 is 45.8 Å². The molecule has 146 valence electrons. The second-order valence-corrected chi connectivity index (χ2v) is 9.18. The van der Waals surface area contributed by atoms with Crippen molar-refractivity contribution in [3.63, 3.8) is 0 Å². The van der Waals surface area contributed by atoms with E-state index in [4.69, 9.17) is 33.2 Å². The van der Waals surface area contributed by atoms with Gasteiger partial charge in [0.05, 0.1) is 0 Å². The quantitative estimate of drug-likeness (QED) is 0.228. The molecular formula is C20H10AsCl2IN6. The third-order valence-corrected chi connectivity index (χ3v) is 6.71. The van der Waals surface area contributed by atoms with Crippen LogP contribution in [0.4, 0.5) is 0 Å². The average Bonchev–Trinajstić information content (AvgIpc) is 3.05. The third kappa shape index (κ3) is 3.47. The van der Waals surface area contributed by atoms with E-state index in [1.54, 1.807) is 6.07 Å². The predicted molar refractivity (Wildman–Crippen MR) is 128 cm³/mol. The van der Waals surface area contributed by atoms with Crippen LogP contribution in [0, 0.1) is 3.70 Å². The SMILES string of the molecule is Clc1ccccc1-c1nc2c(Cl)cccc2nc1Cn1nc(I)c2c([As])ncnc21. The zero-order chi connectivity index (χ0) is 20.8. The zero-order valence-corrected chi connectivity index (χ0v) is 20.6. The summed E-state index contributed by atoms with van der Waals surface area (Å²) in [6.07, 6.45) is 1.53. The Morgan fingerprint density at radius 3 is 2.60 bits per heavy atom. The summed E-state index contributed by atoms with van der Waals surface area (Å²) in [5.74, 6) is 0. The van der Waals surface area contributed by atoms with E-state index in [0.717, 1.165) is 30.5 Å². The first kappa shape index (κ1) is 20.1. The van der Waals surface area contributed by atoms with Crippen molar-refractivity contribution < 1.29 is 0 Å². The summed E-state index contributed by atoms with van der Waals surface area (Å²) in [4.78, 5) is 18.4. The number of rotatable bonds is 3. The summed E-state index contributed by atoms with van der Waals surface area (Å²) in [5.41, 5.74) is 4.27. The van der Waals surface area contributed by atoms with Gasteiger partial charge in [0.2, 0.25) is 0 Å². The van der Waals surface area contributed by atoms with Crippen LogP contribution in [0.5, 0.6) is 0 Å². The molecule has 0 aliphatic carbocycles. The van der Waals surface area contributed by atoms with Gasteiger partial charge in [-0.15, -0.1) is 0 Å². The van der Waals surface area contributed by atoms with Gasteiger partial charge in [0.15, 0.2) is 0 Å². The molecule has 3 heterocycles.